The molecular weight excluding hydrogens is 173 g/mol. The molecule has 0 spiro atoms. The quantitative estimate of drug-likeness (QED) is 0.522. The van der Waals surface area contributed by atoms with Gasteiger partial charge in [0.2, 0.25) is 0 Å². The molecule has 0 radical (unpaired) electrons. The molecule has 0 amide bonds. The second kappa shape index (κ2) is 7.35. The number of nitrogens with one attached hydrogen (secondary N) is 1. The summed E-state index contributed by atoms with van der Waals surface area (Å²) in [5.74, 6) is 0. The molecule has 0 aliphatic carbocycles. The molecule has 0 aliphatic rings. The molecule has 4 heteroatoms. The van der Waals surface area contributed by atoms with Crippen LogP contribution in [0.5, 0.6) is 0 Å². The highest BCUT2D eigenvalue weighted by Crippen LogP contribution is 1.99. The van der Waals surface area contributed by atoms with Crippen LogP contribution >= 0.6 is 23.2 Å². The van der Waals surface area contributed by atoms with E-state index in [-0.39, 0.29) is 0 Å². The molecule has 0 heterocycles. The monoisotopic (exact) mass is 183 g/mol. The predicted octanol–water partition coefficient (Wildman–Crippen LogP) is 2.24. The first kappa shape index (κ1) is 10.2. The van der Waals surface area contributed by atoms with Crippen molar-refractivity contribution in [1.82, 2.24) is 5.48 Å². The van der Waals surface area contributed by atoms with Crippen molar-refractivity contribution in [3.8, 4) is 0 Å². The van der Waals surface area contributed by atoms with Crippen LogP contribution in [0, 0.1) is 0 Å². The van der Waals surface area contributed by atoms with Crippen molar-refractivity contribution in [3.63, 3.8) is 0 Å². The van der Waals surface area contributed by atoms with E-state index in [1.807, 2.05) is 6.92 Å². The summed E-state index contributed by atoms with van der Waals surface area (Å²) in [5, 5.41) is 0.540. The summed E-state index contributed by atoms with van der Waals surface area (Å²) < 4.78 is 0. The van der Waals surface area contributed by atoms with Gasteiger partial charge in [-0.2, -0.15) is 5.48 Å². The van der Waals surface area contributed by atoms with Gasteiger partial charge in [-0.15, -0.1) is 0 Å². The van der Waals surface area contributed by atoms with E-state index in [9.17, 15) is 0 Å². The molecule has 0 aromatic rings. The van der Waals surface area contributed by atoms with Crippen molar-refractivity contribution in [2.45, 2.75) is 13.3 Å². The Hall–Kier alpha value is 0.240. The molecule has 60 valence electrons. The smallest absolute Gasteiger partial charge is 0.0679 e. The standard InChI is InChI=1S/C6H11Cl2NO/c1-2-3-10-9-5-6(8)4-7/h4,9H,2-3,5H2,1H3/b6-4-. The average Bonchev–Trinajstić information content (AvgIpc) is 1.98. The number of halogens is 2. The van der Waals surface area contributed by atoms with E-state index in [0.717, 1.165) is 6.42 Å². The number of hydrogen-bond donors (Lipinski definition) is 1. The Balaban J connectivity index is 3.04. The maximum absolute atomic E-state index is 5.53. The van der Waals surface area contributed by atoms with Crippen LogP contribution in [-0.4, -0.2) is 13.2 Å². The van der Waals surface area contributed by atoms with Crippen molar-refractivity contribution >= 4 is 23.2 Å². The first-order valence-electron chi connectivity index (χ1n) is 3.10. The second-order valence-electron chi connectivity index (χ2n) is 1.73. The van der Waals surface area contributed by atoms with Gasteiger partial charge in [-0.25, -0.2) is 0 Å². The molecule has 0 aliphatic heterocycles. The third-order valence-electron chi connectivity index (χ3n) is 0.768. The summed E-state index contributed by atoms with van der Waals surface area (Å²) in [6, 6.07) is 0. The van der Waals surface area contributed by atoms with Crippen LogP contribution < -0.4 is 5.48 Å². The highest BCUT2D eigenvalue weighted by Gasteiger charge is 1.89. The van der Waals surface area contributed by atoms with Gasteiger partial charge in [0.15, 0.2) is 0 Å². The Morgan fingerprint density at radius 1 is 1.70 bits per heavy atom. The van der Waals surface area contributed by atoms with E-state index in [0.29, 0.717) is 18.2 Å². The van der Waals surface area contributed by atoms with Gasteiger partial charge in [0.05, 0.1) is 13.2 Å². The van der Waals surface area contributed by atoms with Crippen molar-refractivity contribution in [1.29, 1.82) is 0 Å². The zero-order chi connectivity index (χ0) is 7.82. The largest absolute Gasteiger partial charge is 0.301 e. The van der Waals surface area contributed by atoms with Crippen LogP contribution in [0.15, 0.2) is 10.6 Å². The van der Waals surface area contributed by atoms with Crippen LogP contribution in [0.25, 0.3) is 0 Å². The van der Waals surface area contributed by atoms with Gasteiger partial charge in [0.1, 0.15) is 0 Å². The fourth-order valence-corrected chi connectivity index (χ4v) is 0.464. The SMILES string of the molecule is CCCONC/C(Cl)=C/Cl. The van der Waals surface area contributed by atoms with E-state index in [1.165, 1.54) is 5.54 Å². The van der Waals surface area contributed by atoms with Gasteiger partial charge in [0, 0.05) is 10.6 Å². The number of hydrogen-bond acceptors (Lipinski definition) is 2. The third-order valence-corrected chi connectivity index (χ3v) is 1.39. The minimum Gasteiger partial charge on any atom is -0.301 e. The van der Waals surface area contributed by atoms with Crippen LogP contribution in [0.2, 0.25) is 0 Å². The summed E-state index contributed by atoms with van der Waals surface area (Å²) in [4.78, 5) is 4.92. The van der Waals surface area contributed by atoms with Crippen molar-refractivity contribution in [3.05, 3.63) is 10.6 Å². The summed E-state index contributed by atoms with van der Waals surface area (Å²) in [6.45, 7) is 3.18. The lowest BCUT2D eigenvalue weighted by atomic mass is 10.5. The maximum atomic E-state index is 5.53. The summed E-state index contributed by atoms with van der Waals surface area (Å²) in [6.07, 6.45) is 0.981. The van der Waals surface area contributed by atoms with Gasteiger partial charge in [0.25, 0.3) is 0 Å². The Morgan fingerprint density at radius 3 is 2.90 bits per heavy atom. The van der Waals surface area contributed by atoms with E-state index >= 15 is 0 Å². The molecular formula is C6H11Cl2NO. The van der Waals surface area contributed by atoms with Gasteiger partial charge < -0.3 is 4.84 Å². The van der Waals surface area contributed by atoms with Crippen LogP contribution in [0.3, 0.4) is 0 Å². The molecule has 1 N–H and O–H groups in total. The molecule has 0 bridgehead atoms. The molecule has 10 heavy (non-hydrogen) atoms. The lowest BCUT2D eigenvalue weighted by Gasteiger charge is -2.01. The fourth-order valence-electron chi connectivity index (χ4n) is 0.333. The third kappa shape index (κ3) is 6.36. The molecule has 0 aromatic carbocycles. The van der Waals surface area contributed by atoms with Gasteiger partial charge in [-0.1, -0.05) is 30.1 Å². The molecule has 2 nitrogen and oxygen atoms in total. The minimum absolute atomic E-state index is 0.463. The highest BCUT2D eigenvalue weighted by atomic mass is 35.5. The Labute approximate surface area is 71.1 Å². The lowest BCUT2D eigenvalue weighted by molar-refractivity contribution is 0.0485. The van der Waals surface area contributed by atoms with Gasteiger partial charge in [-0.05, 0) is 6.42 Å². The van der Waals surface area contributed by atoms with Crippen molar-refractivity contribution < 1.29 is 4.84 Å². The first-order chi connectivity index (χ1) is 4.81. The summed E-state index contributed by atoms with van der Waals surface area (Å²) in [7, 11) is 0. The molecule has 0 rings (SSSR count). The van der Waals surface area contributed by atoms with Gasteiger partial charge >= 0.3 is 0 Å². The second-order valence-corrected chi connectivity index (χ2v) is 2.43. The normalized spacial score (nSPS) is 12.1. The molecule has 0 atom stereocenters. The summed E-state index contributed by atoms with van der Waals surface area (Å²) in [5.41, 5.74) is 3.96. The van der Waals surface area contributed by atoms with E-state index in [1.54, 1.807) is 0 Å². The van der Waals surface area contributed by atoms with E-state index in [4.69, 9.17) is 28.0 Å². The van der Waals surface area contributed by atoms with Gasteiger partial charge in [-0.3, -0.25) is 0 Å². The van der Waals surface area contributed by atoms with E-state index < -0.39 is 0 Å². The Bertz CT molecular complexity index is 106. The topological polar surface area (TPSA) is 21.3 Å². The minimum atomic E-state index is 0.463. The molecule has 0 aromatic heterocycles. The van der Waals surface area contributed by atoms with Crippen LogP contribution in [0.1, 0.15) is 13.3 Å². The number of rotatable bonds is 5. The molecule has 0 saturated carbocycles. The highest BCUT2D eigenvalue weighted by molar-refractivity contribution is 6.36. The maximum Gasteiger partial charge on any atom is 0.0679 e. The average molecular weight is 184 g/mol. The first-order valence-corrected chi connectivity index (χ1v) is 3.92. The summed E-state index contributed by atoms with van der Waals surface area (Å²) >= 11 is 10.8. The van der Waals surface area contributed by atoms with Crippen molar-refractivity contribution in [2.24, 2.45) is 0 Å². The zero-order valence-corrected chi connectivity index (χ0v) is 7.37. The molecule has 0 unspecified atom stereocenters. The molecule has 0 saturated heterocycles. The predicted molar refractivity (Wildman–Crippen MR) is 44.0 cm³/mol. The zero-order valence-electron chi connectivity index (χ0n) is 5.86. The fraction of sp³-hybridized carbons (Fsp3) is 0.667. The Kier molecular flexibility index (Phi) is 7.52. The number of hydroxylamine groups is 1. The van der Waals surface area contributed by atoms with Crippen molar-refractivity contribution in [2.75, 3.05) is 13.2 Å². The van der Waals surface area contributed by atoms with E-state index in [2.05, 4.69) is 5.48 Å². The Morgan fingerprint density at radius 2 is 2.40 bits per heavy atom. The lowest BCUT2D eigenvalue weighted by Crippen LogP contribution is -2.16. The van der Waals surface area contributed by atoms with Crippen LogP contribution in [-0.2, 0) is 4.84 Å². The van der Waals surface area contributed by atoms with Crippen LogP contribution in [0.4, 0.5) is 0 Å². The molecule has 0 fully saturated rings.